The Kier molecular flexibility index (Phi) is 5.10. The number of benzene rings is 1. The fourth-order valence-corrected chi connectivity index (χ4v) is 4.04. The van der Waals surface area contributed by atoms with Gasteiger partial charge >= 0.3 is 0 Å². The fraction of sp³-hybridized carbons (Fsp3) is 0.368. The predicted octanol–water partition coefficient (Wildman–Crippen LogP) is 2.30. The van der Waals surface area contributed by atoms with E-state index in [4.69, 9.17) is 4.74 Å². The fourth-order valence-electron chi connectivity index (χ4n) is 3.17. The van der Waals surface area contributed by atoms with Crippen LogP contribution in [0.1, 0.15) is 22.3 Å². The summed E-state index contributed by atoms with van der Waals surface area (Å²) in [4.78, 5) is 31.5. The molecule has 1 saturated heterocycles. The Hall–Kier alpha value is -2.78. The Balaban J connectivity index is 1.44. The monoisotopic (exact) mass is 399 g/mol. The van der Waals surface area contributed by atoms with E-state index in [1.54, 1.807) is 39.4 Å². The maximum atomic E-state index is 12.9. The quantitative estimate of drug-likeness (QED) is 0.727. The highest BCUT2D eigenvalue weighted by Crippen LogP contribution is 2.23. The van der Waals surface area contributed by atoms with Crippen LogP contribution in [0.3, 0.4) is 0 Å². The SMILES string of the molecule is CCn1cc(NC(=O)C2CN(C(=O)c3ccc4nc(C)sc4c3)CCO2)cn1. The van der Waals surface area contributed by atoms with Crippen LogP contribution in [0.15, 0.2) is 30.6 Å². The average Bonchev–Trinajstić information content (AvgIpc) is 3.31. The lowest BCUT2D eigenvalue weighted by atomic mass is 10.1. The van der Waals surface area contributed by atoms with E-state index in [1.165, 1.54) is 0 Å². The third kappa shape index (κ3) is 3.76. The van der Waals surface area contributed by atoms with Crippen molar-refractivity contribution in [3.8, 4) is 0 Å². The summed E-state index contributed by atoms with van der Waals surface area (Å²) in [6.45, 7) is 5.63. The topological polar surface area (TPSA) is 89.4 Å². The van der Waals surface area contributed by atoms with Crippen LogP contribution in [0, 0.1) is 6.92 Å². The van der Waals surface area contributed by atoms with E-state index in [1.807, 2.05) is 26.0 Å². The number of thiazole rings is 1. The van der Waals surface area contributed by atoms with Crippen molar-refractivity contribution in [2.45, 2.75) is 26.5 Å². The Morgan fingerprint density at radius 3 is 3.04 bits per heavy atom. The molecule has 1 atom stereocenters. The van der Waals surface area contributed by atoms with Crippen molar-refractivity contribution in [1.29, 1.82) is 0 Å². The number of aryl methyl sites for hydroxylation is 2. The molecule has 1 aliphatic rings. The Labute approximate surface area is 166 Å². The van der Waals surface area contributed by atoms with Gasteiger partial charge in [0.2, 0.25) is 0 Å². The first-order chi connectivity index (χ1) is 13.5. The maximum Gasteiger partial charge on any atom is 0.255 e. The van der Waals surface area contributed by atoms with Crippen LogP contribution in [0.4, 0.5) is 5.69 Å². The highest BCUT2D eigenvalue weighted by Gasteiger charge is 2.30. The Morgan fingerprint density at radius 2 is 2.25 bits per heavy atom. The molecule has 8 nitrogen and oxygen atoms in total. The lowest BCUT2D eigenvalue weighted by molar-refractivity contribution is -0.131. The number of anilines is 1. The number of fused-ring (bicyclic) bond motifs is 1. The van der Waals surface area contributed by atoms with Gasteiger partial charge in [0.15, 0.2) is 6.10 Å². The minimum atomic E-state index is -0.711. The van der Waals surface area contributed by atoms with Crippen molar-refractivity contribution in [2.75, 3.05) is 25.0 Å². The number of carbonyl (C=O) groups is 2. The second kappa shape index (κ2) is 7.69. The lowest BCUT2D eigenvalue weighted by Gasteiger charge is -2.32. The Morgan fingerprint density at radius 1 is 1.39 bits per heavy atom. The van der Waals surface area contributed by atoms with Crippen LogP contribution in [0.5, 0.6) is 0 Å². The molecule has 1 unspecified atom stereocenters. The summed E-state index contributed by atoms with van der Waals surface area (Å²) in [6.07, 6.45) is 2.65. The molecule has 0 saturated carbocycles. The molecular formula is C19H21N5O3S. The summed E-state index contributed by atoms with van der Waals surface area (Å²) in [7, 11) is 0. The molecule has 2 aromatic heterocycles. The summed E-state index contributed by atoms with van der Waals surface area (Å²) in [5.74, 6) is -0.380. The normalized spacial score (nSPS) is 17.1. The molecule has 0 bridgehead atoms. The van der Waals surface area contributed by atoms with Crippen molar-refractivity contribution in [1.82, 2.24) is 19.7 Å². The number of rotatable bonds is 4. The largest absolute Gasteiger partial charge is 0.365 e. The van der Waals surface area contributed by atoms with Crippen LogP contribution in [-0.2, 0) is 16.1 Å². The highest BCUT2D eigenvalue weighted by molar-refractivity contribution is 7.18. The molecule has 1 aromatic carbocycles. The summed E-state index contributed by atoms with van der Waals surface area (Å²) in [5, 5.41) is 7.90. The van der Waals surface area contributed by atoms with E-state index in [-0.39, 0.29) is 18.4 Å². The second-order valence-corrected chi connectivity index (χ2v) is 7.83. The number of carbonyl (C=O) groups excluding carboxylic acids is 2. The molecule has 28 heavy (non-hydrogen) atoms. The van der Waals surface area contributed by atoms with Crippen LogP contribution >= 0.6 is 11.3 Å². The second-order valence-electron chi connectivity index (χ2n) is 6.60. The number of hydrogen-bond donors (Lipinski definition) is 1. The number of morpholine rings is 1. The lowest BCUT2D eigenvalue weighted by Crippen LogP contribution is -2.50. The van der Waals surface area contributed by atoms with Gasteiger partial charge in [-0.25, -0.2) is 4.98 Å². The van der Waals surface area contributed by atoms with Crippen molar-refractivity contribution >= 4 is 39.1 Å². The smallest absolute Gasteiger partial charge is 0.255 e. The van der Waals surface area contributed by atoms with Gasteiger partial charge in [-0.3, -0.25) is 14.3 Å². The molecule has 3 heterocycles. The zero-order valence-corrected chi connectivity index (χ0v) is 16.5. The molecule has 2 amide bonds. The third-order valence-corrected chi connectivity index (χ3v) is 5.55. The van der Waals surface area contributed by atoms with Crippen molar-refractivity contribution in [2.24, 2.45) is 0 Å². The predicted molar refractivity (Wildman–Crippen MR) is 107 cm³/mol. The molecule has 146 valence electrons. The number of ether oxygens (including phenoxy) is 1. The molecule has 1 aliphatic heterocycles. The van der Waals surface area contributed by atoms with Gasteiger partial charge in [-0.2, -0.15) is 5.10 Å². The van der Waals surface area contributed by atoms with E-state index in [2.05, 4.69) is 15.4 Å². The van der Waals surface area contributed by atoms with Gasteiger partial charge in [0.1, 0.15) is 0 Å². The van der Waals surface area contributed by atoms with Crippen LogP contribution < -0.4 is 5.32 Å². The molecule has 4 rings (SSSR count). The van der Waals surface area contributed by atoms with Gasteiger partial charge in [0.05, 0.1) is 40.3 Å². The van der Waals surface area contributed by atoms with Gasteiger partial charge in [-0.1, -0.05) is 0 Å². The zero-order chi connectivity index (χ0) is 19.7. The first-order valence-electron chi connectivity index (χ1n) is 9.15. The van der Waals surface area contributed by atoms with Crippen LogP contribution in [-0.4, -0.2) is 57.3 Å². The highest BCUT2D eigenvalue weighted by atomic mass is 32.1. The molecule has 1 N–H and O–H groups in total. The molecule has 3 aromatic rings. The van der Waals surface area contributed by atoms with Crippen LogP contribution in [0.25, 0.3) is 10.2 Å². The molecular weight excluding hydrogens is 378 g/mol. The minimum Gasteiger partial charge on any atom is -0.365 e. The van der Waals surface area contributed by atoms with Crippen molar-refractivity contribution < 1.29 is 14.3 Å². The number of nitrogens with one attached hydrogen (secondary N) is 1. The standard InChI is InChI=1S/C19H21N5O3S/c1-3-24-10-14(9-20-24)22-18(25)16-11-23(6-7-27-16)19(26)13-4-5-15-17(8-13)28-12(2)21-15/h4-5,8-10,16H,3,6-7,11H2,1-2H3,(H,22,25). The Bertz CT molecular complexity index is 1030. The van der Waals surface area contributed by atoms with Gasteiger partial charge in [-0.15, -0.1) is 11.3 Å². The van der Waals surface area contributed by atoms with Crippen molar-refractivity contribution in [3.05, 3.63) is 41.2 Å². The van der Waals surface area contributed by atoms with E-state index >= 15 is 0 Å². The molecule has 0 radical (unpaired) electrons. The number of amides is 2. The molecule has 9 heteroatoms. The number of aromatic nitrogens is 3. The summed E-state index contributed by atoms with van der Waals surface area (Å²) in [5.41, 5.74) is 2.11. The molecule has 0 aliphatic carbocycles. The van der Waals surface area contributed by atoms with Crippen molar-refractivity contribution in [3.63, 3.8) is 0 Å². The number of hydrogen-bond acceptors (Lipinski definition) is 6. The first kappa shape index (κ1) is 18.6. The van der Waals surface area contributed by atoms with Gasteiger partial charge in [-0.05, 0) is 32.0 Å². The molecule has 0 spiro atoms. The first-order valence-corrected chi connectivity index (χ1v) is 9.96. The van der Waals surface area contributed by atoms with E-state index in [0.717, 1.165) is 21.8 Å². The minimum absolute atomic E-state index is 0.104. The summed E-state index contributed by atoms with van der Waals surface area (Å²) in [6, 6.07) is 5.52. The van der Waals surface area contributed by atoms with Gasteiger partial charge in [0.25, 0.3) is 11.8 Å². The maximum absolute atomic E-state index is 12.9. The van der Waals surface area contributed by atoms with Gasteiger partial charge < -0.3 is 15.0 Å². The number of nitrogens with zero attached hydrogens (tertiary/aromatic N) is 4. The van der Waals surface area contributed by atoms with E-state index in [9.17, 15) is 9.59 Å². The average molecular weight is 399 g/mol. The summed E-state index contributed by atoms with van der Waals surface area (Å²) >= 11 is 1.56. The molecule has 1 fully saturated rings. The summed E-state index contributed by atoms with van der Waals surface area (Å²) < 4.78 is 8.31. The third-order valence-electron chi connectivity index (χ3n) is 4.61. The van der Waals surface area contributed by atoms with Gasteiger partial charge in [0, 0.05) is 24.8 Å². The van der Waals surface area contributed by atoms with E-state index in [0.29, 0.717) is 24.4 Å². The van der Waals surface area contributed by atoms with Crippen LogP contribution in [0.2, 0.25) is 0 Å². The zero-order valence-electron chi connectivity index (χ0n) is 15.7. The van der Waals surface area contributed by atoms with E-state index < -0.39 is 6.10 Å².